The predicted molar refractivity (Wildman–Crippen MR) is 139 cm³/mol. The standard InChI is InChI=1S/C21H42N8O6S/c1-12(30)16(19(33)28-15(20(34)35)7-5-10-26-21(24)25)29-18(32)14(8-11-36-2)27-17(31)13(23)6-3-4-9-22/h12-16,30H,3-11,22-23H2,1-2H3,(H,27,31)(H,28,33)(H,29,32)(H,34,35)(H4,24,25,26). The van der Waals surface area contributed by atoms with Crippen molar-refractivity contribution >= 4 is 41.4 Å². The van der Waals surface area contributed by atoms with Crippen molar-refractivity contribution in [1.82, 2.24) is 16.0 Å². The molecule has 0 bridgehead atoms. The third-order valence-corrected chi connectivity index (χ3v) is 5.82. The number of thioether (sulfide) groups is 1. The summed E-state index contributed by atoms with van der Waals surface area (Å²) < 4.78 is 0. The van der Waals surface area contributed by atoms with E-state index in [1.54, 1.807) is 0 Å². The highest BCUT2D eigenvalue weighted by atomic mass is 32.2. The van der Waals surface area contributed by atoms with Crippen molar-refractivity contribution < 1.29 is 29.4 Å². The van der Waals surface area contributed by atoms with E-state index in [-0.39, 0.29) is 31.8 Å². The molecule has 0 saturated heterocycles. The number of guanidine groups is 1. The Morgan fingerprint density at radius 1 is 0.917 bits per heavy atom. The summed E-state index contributed by atoms with van der Waals surface area (Å²) >= 11 is 1.46. The number of rotatable bonds is 19. The van der Waals surface area contributed by atoms with Crippen LogP contribution in [0.1, 0.15) is 45.4 Å². The molecule has 0 rings (SSSR count). The molecule has 15 heteroatoms. The Kier molecular flexibility index (Phi) is 17.3. The fraction of sp³-hybridized carbons (Fsp3) is 0.762. The van der Waals surface area contributed by atoms with Gasteiger partial charge in [-0.15, -0.1) is 0 Å². The zero-order chi connectivity index (χ0) is 27.7. The van der Waals surface area contributed by atoms with Gasteiger partial charge in [-0.1, -0.05) is 6.42 Å². The normalized spacial score (nSPS) is 15.0. The number of hydrogen-bond donors (Lipinski definition) is 9. The Labute approximate surface area is 215 Å². The largest absolute Gasteiger partial charge is 0.480 e. The summed E-state index contributed by atoms with van der Waals surface area (Å²) in [5.74, 6) is -3.00. The van der Waals surface area contributed by atoms with E-state index in [0.717, 1.165) is 0 Å². The zero-order valence-corrected chi connectivity index (χ0v) is 21.8. The summed E-state index contributed by atoms with van der Waals surface area (Å²) in [4.78, 5) is 53.5. The van der Waals surface area contributed by atoms with Crippen molar-refractivity contribution in [2.24, 2.45) is 27.9 Å². The van der Waals surface area contributed by atoms with E-state index >= 15 is 0 Å². The third-order valence-electron chi connectivity index (χ3n) is 5.17. The van der Waals surface area contributed by atoms with Gasteiger partial charge in [0.15, 0.2) is 5.96 Å². The minimum atomic E-state index is -1.45. The fourth-order valence-corrected chi connectivity index (χ4v) is 3.58. The Morgan fingerprint density at radius 3 is 2.08 bits per heavy atom. The molecule has 0 fully saturated rings. The lowest BCUT2D eigenvalue weighted by atomic mass is 10.1. The number of unbranched alkanes of at least 4 members (excludes halogenated alkanes) is 1. The van der Waals surface area contributed by atoms with Gasteiger partial charge < -0.3 is 49.1 Å². The van der Waals surface area contributed by atoms with Crippen molar-refractivity contribution in [3.05, 3.63) is 0 Å². The lowest BCUT2D eigenvalue weighted by Gasteiger charge is -2.26. The zero-order valence-electron chi connectivity index (χ0n) is 20.9. The minimum Gasteiger partial charge on any atom is -0.480 e. The predicted octanol–water partition coefficient (Wildman–Crippen LogP) is -2.83. The van der Waals surface area contributed by atoms with Crippen LogP contribution in [0.4, 0.5) is 0 Å². The second kappa shape index (κ2) is 18.6. The molecule has 3 amide bonds. The summed E-state index contributed by atoms with van der Waals surface area (Å²) in [5, 5.41) is 26.9. The number of carboxylic acid groups (broad SMARTS) is 1. The first-order chi connectivity index (χ1) is 16.9. The molecule has 0 heterocycles. The highest BCUT2D eigenvalue weighted by molar-refractivity contribution is 7.98. The van der Waals surface area contributed by atoms with Gasteiger partial charge in [0, 0.05) is 6.54 Å². The molecule has 5 atom stereocenters. The molecular weight excluding hydrogens is 492 g/mol. The van der Waals surface area contributed by atoms with E-state index in [4.69, 9.17) is 22.9 Å². The van der Waals surface area contributed by atoms with Gasteiger partial charge in [-0.2, -0.15) is 11.8 Å². The molecule has 208 valence electrons. The van der Waals surface area contributed by atoms with Crippen LogP contribution >= 0.6 is 11.8 Å². The topological polar surface area (TPSA) is 261 Å². The summed E-state index contributed by atoms with van der Waals surface area (Å²) in [6.45, 7) is 1.93. The van der Waals surface area contributed by atoms with Crippen LogP contribution in [-0.2, 0) is 19.2 Å². The smallest absolute Gasteiger partial charge is 0.326 e. The van der Waals surface area contributed by atoms with E-state index in [0.29, 0.717) is 31.6 Å². The second-order valence-corrected chi connectivity index (χ2v) is 9.29. The first-order valence-corrected chi connectivity index (χ1v) is 13.2. The molecule has 14 nitrogen and oxygen atoms in total. The van der Waals surface area contributed by atoms with Crippen LogP contribution in [0.25, 0.3) is 0 Å². The molecule has 0 aromatic heterocycles. The molecule has 0 aliphatic carbocycles. The third kappa shape index (κ3) is 14.1. The number of aliphatic hydroxyl groups is 1. The van der Waals surface area contributed by atoms with Gasteiger partial charge in [0.2, 0.25) is 17.7 Å². The van der Waals surface area contributed by atoms with Crippen molar-refractivity contribution in [2.45, 2.75) is 75.7 Å². The molecule has 0 aromatic carbocycles. The van der Waals surface area contributed by atoms with Crippen LogP contribution in [0.3, 0.4) is 0 Å². The van der Waals surface area contributed by atoms with Gasteiger partial charge in [0.25, 0.3) is 0 Å². The van der Waals surface area contributed by atoms with Crippen LogP contribution in [0.5, 0.6) is 0 Å². The lowest BCUT2D eigenvalue weighted by molar-refractivity contribution is -0.143. The first kappa shape index (κ1) is 33.4. The van der Waals surface area contributed by atoms with Gasteiger partial charge in [0.05, 0.1) is 12.1 Å². The minimum absolute atomic E-state index is 0.0206. The van der Waals surface area contributed by atoms with Crippen molar-refractivity contribution in [3.63, 3.8) is 0 Å². The van der Waals surface area contributed by atoms with Crippen LogP contribution in [-0.4, -0.2) is 95.2 Å². The molecule has 0 aromatic rings. The lowest BCUT2D eigenvalue weighted by Crippen LogP contribution is -2.59. The molecule has 5 unspecified atom stereocenters. The average molecular weight is 535 g/mol. The number of hydrogen-bond acceptors (Lipinski definition) is 9. The Hall–Kier alpha value is -2.62. The number of nitrogens with two attached hydrogens (primary N) is 4. The Morgan fingerprint density at radius 2 is 1.56 bits per heavy atom. The van der Waals surface area contributed by atoms with Gasteiger partial charge in [-0.05, 0) is 57.6 Å². The van der Waals surface area contributed by atoms with E-state index in [1.807, 2.05) is 6.26 Å². The van der Waals surface area contributed by atoms with Gasteiger partial charge >= 0.3 is 5.97 Å². The molecule has 0 radical (unpaired) electrons. The number of nitrogens with one attached hydrogen (secondary N) is 3. The average Bonchev–Trinajstić information content (AvgIpc) is 2.80. The van der Waals surface area contributed by atoms with Crippen LogP contribution in [0.2, 0.25) is 0 Å². The number of aliphatic carboxylic acids is 1. The number of carboxylic acids is 1. The van der Waals surface area contributed by atoms with Crippen LogP contribution in [0, 0.1) is 0 Å². The van der Waals surface area contributed by atoms with E-state index in [1.165, 1.54) is 18.7 Å². The highest BCUT2D eigenvalue weighted by Crippen LogP contribution is 2.06. The van der Waals surface area contributed by atoms with Crippen LogP contribution < -0.4 is 38.9 Å². The first-order valence-electron chi connectivity index (χ1n) is 11.8. The van der Waals surface area contributed by atoms with Gasteiger partial charge in [-0.3, -0.25) is 19.4 Å². The molecular formula is C21H42N8O6S. The van der Waals surface area contributed by atoms with E-state index in [2.05, 4.69) is 20.9 Å². The van der Waals surface area contributed by atoms with Crippen molar-refractivity contribution in [2.75, 3.05) is 25.1 Å². The van der Waals surface area contributed by atoms with Gasteiger partial charge in [-0.25, -0.2) is 4.79 Å². The molecule has 0 spiro atoms. The van der Waals surface area contributed by atoms with Gasteiger partial charge in [0.1, 0.15) is 18.1 Å². The summed E-state index contributed by atoms with van der Waals surface area (Å²) in [7, 11) is 0. The number of aliphatic hydroxyl groups excluding tert-OH is 1. The SMILES string of the molecule is CSCCC(NC(=O)C(N)CCCCN)C(=O)NC(C(=O)NC(CCCN=C(N)N)C(=O)O)C(C)O. The number of nitrogens with zero attached hydrogens (tertiary/aromatic N) is 1. The molecule has 0 saturated carbocycles. The fourth-order valence-electron chi connectivity index (χ4n) is 3.10. The maximum atomic E-state index is 12.9. The summed E-state index contributed by atoms with van der Waals surface area (Å²) in [6.07, 6.45) is 2.81. The number of carbonyl (C=O) groups excluding carboxylic acids is 3. The van der Waals surface area contributed by atoms with Crippen LogP contribution in [0.15, 0.2) is 4.99 Å². The van der Waals surface area contributed by atoms with Crippen molar-refractivity contribution in [3.8, 4) is 0 Å². The number of aliphatic imine (C=N–C) groups is 1. The second-order valence-electron chi connectivity index (χ2n) is 8.31. The highest BCUT2D eigenvalue weighted by Gasteiger charge is 2.32. The Bertz CT molecular complexity index is 735. The number of carbonyl (C=O) groups is 4. The number of amides is 3. The maximum absolute atomic E-state index is 12.9. The van der Waals surface area contributed by atoms with E-state index in [9.17, 15) is 29.4 Å². The molecule has 13 N–H and O–H groups in total. The molecule has 36 heavy (non-hydrogen) atoms. The monoisotopic (exact) mass is 534 g/mol. The molecule has 0 aliphatic heterocycles. The molecule has 0 aliphatic rings. The summed E-state index contributed by atoms with van der Waals surface area (Å²) in [5.41, 5.74) is 21.8. The van der Waals surface area contributed by atoms with E-state index < -0.39 is 54.0 Å². The summed E-state index contributed by atoms with van der Waals surface area (Å²) in [6, 6.07) is -4.57. The quantitative estimate of drug-likeness (QED) is 0.0463. The Balaban J connectivity index is 5.28. The maximum Gasteiger partial charge on any atom is 0.326 e. The van der Waals surface area contributed by atoms with Crippen molar-refractivity contribution in [1.29, 1.82) is 0 Å².